The molecule has 2 rings (SSSR count). The van der Waals surface area contributed by atoms with Crippen LogP contribution in [-0.4, -0.2) is 12.4 Å². The van der Waals surface area contributed by atoms with Gasteiger partial charge in [-0.3, -0.25) is 4.79 Å². The number of hydrogen-bond acceptors (Lipinski definition) is 2. The maximum Gasteiger partial charge on any atom is 0.201 e. The average molecular weight is 449 g/mol. The van der Waals surface area contributed by atoms with Crippen molar-refractivity contribution in [3.05, 3.63) is 61.4 Å². The van der Waals surface area contributed by atoms with Crippen molar-refractivity contribution < 1.29 is 9.53 Å². The van der Waals surface area contributed by atoms with Crippen molar-refractivity contribution in [2.24, 2.45) is 0 Å². The van der Waals surface area contributed by atoms with Crippen LogP contribution in [0.5, 0.6) is 5.75 Å². The van der Waals surface area contributed by atoms with Crippen LogP contribution in [0.3, 0.4) is 0 Å². The first-order valence-electron chi connectivity index (χ1n) is 5.43. The molecule has 0 amide bonds. The van der Waals surface area contributed by atoms with E-state index >= 15 is 0 Å². The normalized spacial score (nSPS) is 10.3. The van der Waals surface area contributed by atoms with Gasteiger partial charge in [0.1, 0.15) is 5.75 Å². The number of carbonyl (C=O) groups is 1. The van der Waals surface area contributed by atoms with E-state index in [1.54, 1.807) is 6.07 Å². The van der Waals surface area contributed by atoms with Crippen LogP contribution in [0.15, 0.2) is 55.9 Å². The molecule has 0 radical (unpaired) electrons. The minimum atomic E-state index is -0.0673. The van der Waals surface area contributed by atoms with Crippen molar-refractivity contribution in [3.8, 4) is 5.75 Å². The van der Waals surface area contributed by atoms with E-state index in [2.05, 4.69) is 47.8 Å². The van der Waals surface area contributed by atoms with Crippen LogP contribution < -0.4 is 4.74 Å². The molecule has 0 fully saturated rings. The molecule has 0 N–H and O–H groups in total. The Balaban J connectivity index is 2.07. The molecule has 2 aromatic rings. The van der Waals surface area contributed by atoms with E-state index in [0.29, 0.717) is 11.3 Å². The van der Waals surface area contributed by atoms with Crippen LogP contribution in [0.25, 0.3) is 0 Å². The predicted octanol–water partition coefficient (Wildman–Crippen LogP) is 5.24. The molecule has 0 saturated carbocycles. The van der Waals surface area contributed by atoms with Crippen LogP contribution in [0.2, 0.25) is 0 Å². The summed E-state index contributed by atoms with van der Waals surface area (Å²) in [4.78, 5) is 12.0. The molecule has 0 atom stereocenters. The van der Waals surface area contributed by atoms with Gasteiger partial charge < -0.3 is 4.74 Å². The van der Waals surface area contributed by atoms with Gasteiger partial charge in [-0.1, -0.05) is 50.1 Å². The van der Waals surface area contributed by atoms with Gasteiger partial charge in [0.2, 0.25) is 5.78 Å². The Labute approximate surface area is 136 Å². The molecule has 0 heterocycles. The second kappa shape index (κ2) is 6.68. The predicted molar refractivity (Wildman–Crippen MR) is 85.8 cm³/mol. The Bertz CT molecular complexity index is 611. The Kier molecular flexibility index (Phi) is 5.19. The van der Waals surface area contributed by atoms with Crippen molar-refractivity contribution >= 4 is 53.6 Å². The zero-order valence-corrected chi connectivity index (χ0v) is 14.5. The SMILES string of the molecule is O=C(COc1ccc(Br)cc1Br)c1ccccc1Br. The summed E-state index contributed by atoms with van der Waals surface area (Å²) in [7, 11) is 0. The van der Waals surface area contributed by atoms with Gasteiger partial charge in [-0.2, -0.15) is 0 Å². The van der Waals surface area contributed by atoms with Crippen LogP contribution in [0.4, 0.5) is 0 Å². The van der Waals surface area contributed by atoms with E-state index in [1.165, 1.54) is 0 Å². The fourth-order valence-electron chi connectivity index (χ4n) is 1.50. The molecule has 98 valence electrons. The number of ketones is 1. The molecule has 0 aromatic heterocycles. The first-order valence-corrected chi connectivity index (χ1v) is 7.81. The Morgan fingerprint density at radius 3 is 2.42 bits per heavy atom. The molecule has 0 aliphatic carbocycles. The number of rotatable bonds is 4. The lowest BCUT2D eigenvalue weighted by Crippen LogP contribution is -2.12. The van der Waals surface area contributed by atoms with Crippen LogP contribution in [-0.2, 0) is 0 Å². The molecule has 2 nitrogen and oxygen atoms in total. The number of halogens is 3. The molecule has 0 spiro atoms. The Morgan fingerprint density at radius 1 is 1.00 bits per heavy atom. The highest BCUT2D eigenvalue weighted by atomic mass is 79.9. The smallest absolute Gasteiger partial charge is 0.201 e. The van der Waals surface area contributed by atoms with Crippen LogP contribution in [0.1, 0.15) is 10.4 Å². The standard InChI is InChI=1S/C14H9Br3O2/c15-9-5-6-14(12(17)7-9)19-8-13(18)10-3-1-2-4-11(10)16/h1-7H,8H2. The lowest BCUT2D eigenvalue weighted by atomic mass is 10.1. The van der Waals surface area contributed by atoms with Crippen molar-refractivity contribution in [2.75, 3.05) is 6.61 Å². The number of hydrogen-bond donors (Lipinski definition) is 0. The minimum Gasteiger partial charge on any atom is -0.484 e. The third-order valence-corrected chi connectivity index (χ3v) is 4.23. The molecule has 5 heteroatoms. The van der Waals surface area contributed by atoms with E-state index in [1.807, 2.05) is 36.4 Å². The Hall–Kier alpha value is -0.650. The number of ether oxygens (including phenoxy) is 1. The molecule has 2 aromatic carbocycles. The van der Waals surface area contributed by atoms with Gasteiger partial charge in [-0.25, -0.2) is 0 Å². The average Bonchev–Trinajstić information content (AvgIpc) is 2.38. The van der Waals surface area contributed by atoms with Crippen LogP contribution in [0, 0.1) is 0 Å². The number of Topliss-reactive ketones (excluding diaryl/α,β-unsaturated/α-hetero) is 1. The maximum atomic E-state index is 12.0. The first kappa shape index (κ1) is 14.8. The van der Waals surface area contributed by atoms with Gasteiger partial charge in [-0.05, 0) is 40.2 Å². The van der Waals surface area contributed by atoms with Gasteiger partial charge in [0, 0.05) is 14.5 Å². The lowest BCUT2D eigenvalue weighted by molar-refractivity contribution is 0.0920. The third-order valence-electron chi connectivity index (χ3n) is 2.43. The molecule has 0 aliphatic heterocycles. The topological polar surface area (TPSA) is 26.3 Å². The fraction of sp³-hybridized carbons (Fsp3) is 0.0714. The highest BCUT2D eigenvalue weighted by Gasteiger charge is 2.11. The van der Waals surface area contributed by atoms with E-state index in [0.717, 1.165) is 13.4 Å². The number of benzene rings is 2. The van der Waals surface area contributed by atoms with Crippen molar-refractivity contribution in [2.45, 2.75) is 0 Å². The highest BCUT2D eigenvalue weighted by Crippen LogP contribution is 2.28. The monoisotopic (exact) mass is 446 g/mol. The highest BCUT2D eigenvalue weighted by molar-refractivity contribution is 9.11. The van der Waals surface area contributed by atoms with E-state index in [4.69, 9.17) is 4.74 Å². The van der Waals surface area contributed by atoms with Gasteiger partial charge in [0.25, 0.3) is 0 Å². The molecule has 0 unspecified atom stereocenters. The van der Waals surface area contributed by atoms with Gasteiger partial charge in [0.15, 0.2) is 6.61 Å². The summed E-state index contributed by atoms with van der Waals surface area (Å²) in [6.45, 7) is 0.00282. The van der Waals surface area contributed by atoms with Crippen molar-refractivity contribution in [1.29, 1.82) is 0 Å². The van der Waals surface area contributed by atoms with Gasteiger partial charge in [0.05, 0.1) is 4.47 Å². The molecule has 0 saturated heterocycles. The van der Waals surface area contributed by atoms with Crippen molar-refractivity contribution in [3.63, 3.8) is 0 Å². The summed E-state index contributed by atoms with van der Waals surface area (Å²) >= 11 is 10.1. The van der Waals surface area contributed by atoms with Gasteiger partial charge in [-0.15, -0.1) is 0 Å². The summed E-state index contributed by atoms with van der Waals surface area (Å²) in [5.41, 5.74) is 0.621. The largest absolute Gasteiger partial charge is 0.484 e. The van der Waals surface area contributed by atoms with E-state index < -0.39 is 0 Å². The maximum absolute atomic E-state index is 12.0. The van der Waals surface area contributed by atoms with E-state index in [9.17, 15) is 4.79 Å². The quantitative estimate of drug-likeness (QED) is 0.598. The second-order valence-corrected chi connectivity index (χ2v) is 6.39. The molecular formula is C14H9Br3O2. The van der Waals surface area contributed by atoms with Crippen LogP contribution >= 0.6 is 47.8 Å². The Morgan fingerprint density at radius 2 is 1.74 bits per heavy atom. The minimum absolute atomic E-state index is 0.00282. The third kappa shape index (κ3) is 3.91. The summed E-state index contributed by atoms with van der Waals surface area (Å²) in [6.07, 6.45) is 0. The summed E-state index contributed by atoms with van der Waals surface area (Å²) in [5.74, 6) is 0.575. The zero-order valence-electron chi connectivity index (χ0n) is 9.70. The summed E-state index contributed by atoms with van der Waals surface area (Å²) < 4.78 is 8.06. The van der Waals surface area contributed by atoms with Gasteiger partial charge >= 0.3 is 0 Å². The number of carbonyl (C=O) groups excluding carboxylic acids is 1. The zero-order chi connectivity index (χ0) is 13.8. The molecule has 19 heavy (non-hydrogen) atoms. The summed E-state index contributed by atoms with van der Waals surface area (Å²) in [6, 6.07) is 12.8. The molecule has 0 aliphatic rings. The summed E-state index contributed by atoms with van der Waals surface area (Å²) in [5, 5.41) is 0. The lowest BCUT2D eigenvalue weighted by Gasteiger charge is -2.08. The fourth-order valence-corrected chi connectivity index (χ4v) is 3.17. The van der Waals surface area contributed by atoms with E-state index in [-0.39, 0.29) is 12.4 Å². The van der Waals surface area contributed by atoms with Crippen molar-refractivity contribution in [1.82, 2.24) is 0 Å². The first-order chi connectivity index (χ1) is 9.08. The molecular weight excluding hydrogens is 440 g/mol. The second-order valence-electron chi connectivity index (χ2n) is 3.77. The molecule has 0 bridgehead atoms.